The summed E-state index contributed by atoms with van der Waals surface area (Å²) >= 11 is 1.48. The van der Waals surface area contributed by atoms with E-state index in [1.54, 1.807) is 37.3 Å². The van der Waals surface area contributed by atoms with Crippen LogP contribution in [0.1, 0.15) is 17.5 Å². The number of hydrogen-bond donors (Lipinski definition) is 2. The third-order valence-electron chi connectivity index (χ3n) is 4.03. The fraction of sp³-hybridized carbons (Fsp3) is 0.238. The highest BCUT2D eigenvalue weighted by Crippen LogP contribution is 2.29. The molecule has 2 aromatic carbocycles. The average molecular weight is 414 g/mol. The van der Waals surface area contributed by atoms with Crippen molar-refractivity contribution in [2.75, 3.05) is 18.9 Å². The van der Waals surface area contributed by atoms with E-state index in [1.165, 1.54) is 11.3 Å². The number of esters is 1. The van der Waals surface area contributed by atoms with E-state index in [4.69, 9.17) is 19.9 Å². The number of nitrogens with two attached hydrogens (primary N) is 1. The smallest absolute Gasteiger partial charge is 0.344 e. The Morgan fingerprint density at radius 2 is 2.03 bits per heavy atom. The third kappa shape index (κ3) is 5.39. The zero-order valence-electron chi connectivity index (χ0n) is 16.2. The number of nitrogens with zero attached hydrogens (tertiary/aromatic N) is 1. The molecule has 0 bridgehead atoms. The minimum Gasteiger partial charge on any atom is -0.506 e. The van der Waals surface area contributed by atoms with Crippen molar-refractivity contribution in [3.8, 4) is 28.5 Å². The zero-order chi connectivity index (χ0) is 20.8. The van der Waals surface area contributed by atoms with E-state index in [1.807, 2.05) is 18.4 Å². The lowest BCUT2D eigenvalue weighted by Crippen LogP contribution is -2.14. The topological polar surface area (TPSA) is 104 Å². The molecule has 0 fully saturated rings. The number of rotatable bonds is 8. The van der Waals surface area contributed by atoms with Gasteiger partial charge in [0.15, 0.2) is 6.61 Å². The maximum Gasteiger partial charge on any atom is 0.344 e. The summed E-state index contributed by atoms with van der Waals surface area (Å²) in [5, 5.41) is 12.3. The number of anilines is 1. The van der Waals surface area contributed by atoms with Gasteiger partial charge in [0.25, 0.3) is 0 Å². The van der Waals surface area contributed by atoms with Gasteiger partial charge < -0.3 is 25.1 Å². The number of thiazole rings is 1. The van der Waals surface area contributed by atoms with Crippen molar-refractivity contribution >= 4 is 23.0 Å². The lowest BCUT2D eigenvalue weighted by atomic mass is 10.1. The van der Waals surface area contributed by atoms with Crippen LogP contribution >= 0.6 is 11.3 Å². The molecular formula is C21H22N2O5S. The summed E-state index contributed by atoms with van der Waals surface area (Å²) in [4.78, 5) is 15.9. The van der Waals surface area contributed by atoms with Gasteiger partial charge in [-0.25, -0.2) is 9.78 Å². The summed E-state index contributed by atoms with van der Waals surface area (Å²) in [6.07, 6.45) is 0. The van der Waals surface area contributed by atoms with Crippen LogP contribution < -0.4 is 15.2 Å². The minimum atomic E-state index is -0.401. The summed E-state index contributed by atoms with van der Waals surface area (Å²) in [6.45, 7) is 4.15. The van der Waals surface area contributed by atoms with E-state index in [0.29, 0.717) is 30.4 Å². The number of ether oxygens (including phenoxy) is 3. The van der Waals surface area contributed by atoms with Gasteiger partial charge in [0, 0.05) is 10.9 Å². The van der Waals surface area contributed by atoms with Crippen LogP contribution in [0.15, 0.2) is 41.8 Å². The molecule has 0 saturated carbocycles. The molecule has 0 radical (unpaired) electrons. The predicted octanol–water partition coefficient (Wildman–Crippen LogP) is 3.93. The van der Waals surface area contributed by atoms with Gasteiger partial charge in [-0.2, -0.15) is 0 Å². The summed E-state index contributed by atoms with van der Waals surface area (Å²) in [5.41, 5.74) is 8.52. The molecule has 7 nitrogen and oxygen atoms in total. The van der Waals surface area contributed by atoms with E-state index < -0.39 is 5.97 Å². The van der Waals surface area contributed by atoms with Crippen molar-refractivity contribution in [3.63, 3.8) is 0 Å². The first kappa shape index (κ1) is 20.5. The van der Waals surface area contributed by atoms with Crippen molar-refractivity contribution in [1.29, 1.82) is 0 Å². The summed E-state index contributed by atoms with van der Waals surface area (Å²) in [5.74, 6) is 0.934. The molecule has 3 N–H and O–H groups in total. The second-order valence-electron chi connectivity index (χ2n) is 6.21. The fourth-order valence-corrected chi connectivity index (χ4v) is 3.30. The first-order valence-electron chi connectivity index (χ1n) is 9.01. The van der Waals surface area contributed by atoms with Gasteiger partial charge in [-0.3, -0.25) is 0 Å². The first-order valence-corrected chi connectivity index (χ1v) is 9.89. The standard InChI is InChI=1S/C21H22N2O5S/c1-3-26-21(25)11-28-19-7-5-15(8-13(19)2)27-10-20-23-17(12-29-20)14-4-6-18(24)16(22)9-14/h4-9,12,24H,3,10-11,22H2,1-2H3. The van der Waals surface area contributed by atoms with Gasteiger partial charge in [0.1, 0.15) is 28.9 Å². The molecular weight excluding hydrogens is 392 g/mol. The normalized spacial score (nSPS) is 10.6. The van der Waals surface area contributed by atoms with Crippen LogP contribution in [0.25, 0.3) is 11.3 Å². The number of hydrogen-bond acceptors (Lipinski definition) is 8. The predicted molar refractivity (Wildman–Crippen MR) is 111 cm³/mol. The molecule has 8 heteroatoms. The van der Waals surface area contributed by atoms with Gasteiger partial charge in [-0.1, -0.05) is 0 Å². The van der Waals surface area contributed by atoms with Crippen molar-refractivity contribution in [1.82, 2.24) is 4.98 Å². The molecule has 152 valence electrons. The van der Waals surface area contributed by atoms with Crippen LogP contribution in [0.3, 0.4) is 0 Å². The summed E-state index contributed by atoms with van der Waals surface area (Å²) in [6, 6.07) is 10.4. The molecule has 0 atom stereocenters. The Hall–Kier alpha value is -3.26. The molecule has 0 unspecified atom stereocenters. The summed E-state index contributed by atoms with van der Waals surface area (Å²) in [7, 11) is 0. The molecule has 0 aliphatic rings. The molecule has 0 amide bonds. The number of phenols is 1. The van der Waals surface area contributed by atoms with Gasteiger partial charge >= 0.3 is 5.97 Å². The number of aryl methyl sites for hydroxylation is 1. The van der Waals surface area contributed by atoms with Crippen LogP contribution in [-0.2, 0) is 16.1 Å². The Morgan fingerprint density at radius 3 is 2.76 bits per heavy atom. The number of nitrogen functional groups attached to an aromatic ring is 1. The Bertz CT molecular complexity index is 1000. The number of aromatic nitrogens is 1. The van der Waals surface area contributed by atoms with E-state index in [2.05, 4.69) is 4.98 Å². The van der Waals surface area contributed by atoms with Crippen LogP contribution in [0.4, 0.5) is 5.69 Å². The second-order valence-corrected chi connectivity index (χ2v) is 7.15. The van der Waals surface area contributed by atoms with E-state index in [9.17, 15) is 9.90 Å². The average Bonchev–Trinajstić information content (AvgIpc) is 3.17. The second kappa shape index (κ2) is 9.29. The maximum atomic E-state index is 11.4. The largest absolute Gasteiger partial charge is 0.506 e. The quantitative estimate of drug-likeness (QED) is 0.327. The Balaban J connectivity index is 1.59. The number of phenolic OH excluding ortho intramolecular Hbond substituents is 1. The van der Waals surface area contributed by atoms with Crippen molar-refractivity contribution < 1.29 is 24.1 Å². The van der Waals surface area contributed by atoms with Crippen LogP contribution in [0.5, 0.6) is 17.2 Å². The SMILES string of the molecule is CCOC(=O)COc1ccc(OCc2nc(-c3ccc(O)c(N)c3)cs2)cc1C. The van der Waals surface area contributed by atoms with E-state index in [-0.39, 0.29) is 12.4 Å². The molecule has 0 aliphatic carbocycles. The van der Waals surface area contributed by atoms with Crippen LogP contribution in [-0.4, -0.2) is 29.3 Å². The molecule has 0 aliphatic heterocycles. The molecule has 0 spiro atoms. The van der Waals surface area contributed by atoms with E-state index in [0.717, 1.165) is 21.8 Å². The highest BCUT2D eigenvalue weighted by Gasteiger charge is 2.09. The number of carbonyl (C=O) groups excluding carboxylic acids is 1. The minimum absolute atomic E-state index is 0.0533. The maximum absolute atomic E-state index is 11.4. The number of carbonyl (C=O) groups is 1. The molecule has 0 saturated heterocycles. The van der Waals surface area contributed by atoms with E-state index >= 15 is 0 Å². The van der Waals surface area contributed by atoms with Gasteiger partial charge in [-0.15, -0.1) is 11.3 Å². The zero-order valence-corrected chi connectivity index (χ0v) is 17.0. The number of aromatic hydroxyl groups is 1. The van der Waals surface area contributed by atoms with Gasteiger partial charge in [0.05, 0.1) is 18.0 Å². The summed E-state index contributed by atoms with van der Waals surface area (Å²) < 4.78 is 16.1. The molecule has 29 heavy (non-hydrogen) atoms. The van der Waals surface area contributed by atoms with Crippen LogP contribution in [0, 0.1) is 6.92 Å². The Morgan fingerprint density at radius 1 is 1.21 bits per heavy atom. The lowest BCUT2D eigenvalue weighted by Gasteiger charge is -2.10. The molecule has 3 aromatic rings. The van der Waals surface area contributed by atoms with Crippen molar-refractivity contribution in [3.05, 3.63) is 52.3 Å². The third-order valence-corrected chi connectivity index (χ3v) is 4.86. The van der Waals surface area contributed by atoms with Crippen molar-refractivity contribution in [2.24, 2.45) is 0 Å². The monoisotopic (exact) mass is 414 g/mol. The molecule has 1 aromatic heterocycles. The number of benzene rings is 2. The molecule has 1 heterocycles. The van der Waals surface area contributed by atoms with Crippen molar-refractivity contribution in [2.45, 2.75) is 20.5 Å². The van der Waals surface area contributed by atoms with Gasteiger partial charge in [0.2, 0.25) is 0 Å². The lowest BCUT2D eigenvalue weighted by molar-refractivity contribution is -0.145. The Labute approximate surface area is 172 Å². The highest BCUT2D eigenvalue weighted by atomic mass is 32.1. The Kier molecular flexibility index (Phi) is 6.56. The van der Waals surface area contributed by atoms with Crippen LogP contribution in [0.2, 0.25) is 0 Å². The first-order chi connectivity index (χ1) is 14.0. The van der Waals surface area contributed by atoms with Gasteiger partial charge in [-0.05, 0) is 55.8 Å². The fourth-order valence-electron chi connectivity index (χ4n) is 2.58. The highest BCUT2D eigenvalue weighted by molar-refractivity contribution is 7.09. The molecule has 3 rings (SSSR count).